The van der Waals surface area contributed by atoms with Gasteiger partial charge in [-0.2, -0.15) is 0 Å². The normalized spacial score (nSPS) is 37.9. The van der Waals surface area contributed by atoms with E-state index in [1.807, 2.05) is 0 Å². The Kier molecular flexibility index (Phi) is 3.54. The smallest absolute Gasteiger partial charge is 0.0760 e. The number of nitrogens with one attached hydrogen (secondary N) is 1. The van der Waals surface area contributed by atoms with Gasteiger partial charge in [-0.25, -0.2) is 0 Å². The minimum Gasteiger partial charge on any atom is -0.367 e. The van der Waals surface area contributed by atoms with E-state index >= 15 is 0 Å². The second-order valence-corrected chi connectivity index (χ2v) is 7.06. The first-order valence-corrected chi connectivity index (χ1v) is 6.94. The maximum atomic E-state index is 6.16. The second kappa shape index (κ2) is 4.52. The highest BCUT2D eigenvalue weighted by molar-refractivity contribution is 4.94. The highest BCUT2D eigenvalue weighted by Gasteiger charge is 2.41. The van der Waals surface area contributed by atoms with Gasteiger partial charge in [-0.3, -0.25) is 4.90 Å². The van der Waals surface area contributed by atoms with Crippen molar-refractivity contribution in [1.29, 1.82) is 0 Å². The first-order valence-electron chi connectivity index (χ1n) is 6.94. The quantitative estimate of drug-likeness (QED) is 0.757. The fraction of sp³-hybridized carbons (Fsp3) is 1.00. The van der Waals surface area contributed by atoms with Crippen molar-refractivity contribution in [3.8, 4) is 0 Å². The minimum atomic E-state index is -0.0215. The van der Waals surface area contributed by atoms with E-state index in [4.69, 9.17) is 4.74 Å². The predicted octanol–water partition coefficient (Wildman–Crippen LogP) is 1.87. The average Bonchev–Trinajstić information content (AvgIpc) is 2.13. The van der Waals surface area contributed by atoms with Gasteiger partial charge in [0.25, 0.3) is 0 Å². The maximum Gasteiger partial charge on any atom is 0.0760 e. The third-order valence-corrected chi connectivity index (χ3v) is 3.93. The van der Waals surface area contributed by atoms with E-state index in [0.717, 1.165) is 38.1 Å². The zero-order valence-corrected chi connectivity index (χ0v) is 12.0. The molecular weight excluding hydrogens is 212 g/mol. The van der Waals surface area contributed by atoms with E-state index in [2.05, 4.69) is 44.8 Å². The maximum absolute atomic E-state index is 6.16. The van der Waals surface area contributed by atoms with Crippen LogP contribution in [0.2, 0.25) is 0 Å². The third kappa shape index (κ3) is 3.21. The lowest BCUT2D eigenvalue weighted by molar-refractivity contribution is -0.191. The number of hydrogen-bond donors (Lipinski definition) is 1. The van der Waals surface area contributed by atoms with Crippen molar-refractivity contribution in [2.75, 3.05) is 26.2 Å². The van der Waals surface area contributed by atoms with E-state index in [0.29, 0.717) is 0 Å². The van der Waals surface area contributed by atoms with Gasteiger partial charge in [0.15, 0.2) is 0 Å². The van der Waals surface area contributed by atoms with Gasteiger partial charge in [-0.05, 0) is 53.1 Å². The van der Waals surface area contributed by atoms with Crippen molar-refractivity contribution >= 4 is 0 Å². The van der Waals surface area contributed by atoms with Crippen LogP contribution in [0.25, 0.3) is 0 Å². The molecule has 2 aliphatic heterocycles. The molecular formula is C14H28N2O. The second-order valence-electron chi connectivity index (χ2n) is 7.06. The molecule has 0 bridgehead atoms. The lowest BCUT2D eigenvalue weighted by atomic mass is 9.89. The van der Waals surface area contributed by atoms with Crippen LogP contribution in [0.4, 0.5) is 0 Å². The first-order chi connectivity index (χ1) is 7.79. The Hall–Kier alpha value is -0.120. The van der Waals surface area contributed by atoms with Crippen LogP contribution in [0.15, 0.2) is 0 Å². The summed E-state index contributed by atoms with van der Waals surface area (Å²) in [4.78, 5) is 2.66. The van der Waals surface area contributed by atoms with E-state index in [1.54, 1.807) is 0 Å². The molecule has 0 spiro atoms. The van der Waals surface area contributed by atoms with Crippen molar-refractivity contribution in [1.82, 2.24) is 10.2 Å². The SMILES string of the molecule is CC1CNCCC1N1CC(C)(C)OC(C)(C)C1. The predicted molar refractivity (Wildman–Crippen MR) is 71.3 cm³/mol. The molecule has 17 heavy (non-hydrogen) atoms. The van der Waals surface area contributed by atoms with E-state index in [9.17, 15) is 0 Å². The molecule has 2 atom stereocenters. The molecule has 2 rings (SSSR count). The molecule has 0 amide bonds. The Morgan fingerprint density at radius 2 is 1.71 bits per heavy atom. The standard InChI is InChI=1S/C14H28N2O/c1-11-8-15-7-6-12(11)16-9-13(2,3)17-14(4,5)10-16/h11-12,15H,6-10H2,1-5H3. The van der Waals surface area contributed by atoms with Gasteiger partial charge in [-0.1, -0.05) is 6.92 Å². The molecule has 2 fully saturated rings. The summed E-state index contributed by atoms with van der Waals surface area (Å²) < 4.78 is 6.16. The average molecular weight is 240 g/mol. The molecule has 1 N–H and O–H groups in total. The fourth-order valence-electron chi connectivity index (χ4n) is 3.62. The van der Waals surface area contributed by atoms with Crippen LogP contribution in [-0.4, -0.2) is 48.3 Å². The van der Waals surface area contributed by atoms with Crippen LogP contribution in [0.3, 0.4) is 0 Å². The van der Waals surface area contributed by atoms with Crippen LogP contribution in [0.1, 0.15) is 41.0 Å². The monoisotopic (exact) mass is 240 g/mol. The number of hydrogen-bond acceptors (Lipinski definition) is 3. The van der Waals surface area contributed by atoms with Crippen LogP contribution < -0.4 is 5.32 Å². The van der Waals surface area contributed by atoms with Crippen LogP contribution in [0.5, 0.6) is 0 Å². The lowest BCUT2D eigenvalue weighted by Crippen LogP contribution is -2.62. The summed E-state index contributed by atoms with van der Waals surface area (Å²) in [6, 6.07) is 0.721. The summed E-state index contributed by atoms with van der Waals surface area (Å²) in [5, 5.41) is 3.49. The molecule has 100 valence electrons. The van der Waals surface area contributed by atoms with Crippen LogP contribution >= 0.6 is 0 Å². The van der Waals surface area contributed by atoms with Crippen molar-refractivity contribution in [3.05, 3.63) is 0 Å². The van der Waals surface area contributed by atoms with Crippen molar-refractivity contribution in [2.24, 2.45) is 5.92 Å². The van der Waals surface area contributed by atoms with Gasteiger partial charge < -0.3 is 10.1 Å². The molecule has 2 saturated heterocycles. The molecule has 0 aromatic heterocycles. The number of rotatable bonds is 1. The number of morpholine rings is 1. The lowest BCUT2D eigenvalue weighted by Gasteiger charge is -2.51. The zero-order chi connectivity index (χ0) is 12.7. The summed E-state index contributed by atoms with van der Waals surface area (Å²) in [6.07, 6.45) is 1.27. The summed E-state index contributed by atoms with van der Waals surface area (Å²) >= 11 is 0. The Balaban J connectivity index is 2.09. The van der Waals surface area contributed by atoms with Gasteiger partial charge in [0.05, 0.1) is 11.2 Å². The molecule has 0 aromatic carbocycles. The number of piperidine rings is 1. The number of ether oxygens (including phenoxy) is 1. The van der Waals surface area contributed by atoms with E-state index in [1.165, 1.54) is 6.42 Å². The van der Waals surface area contributed by atoms with Crippen molar-refractivity contribution < 1.29 is 4.74 Å². The largest absolute Gasteiger partial charge is 0.367 e. The topological polar surface area (TPSA) is 24.5 Å². The molecule has 2 unspecified atom stereocenters. The molecule has 3 heteroatoms. The third-order valence-electron chi connectivity index (χ3n) is 3.93. The molecule has 3 nitrogen and oxygen atoms in total. The minimum absolute atomic E-state index is 0.0215. The Bertz CT molecular complexity index is 259. The van der Waals surface area contributed by atoms with Crippen molar-refractivity contribution in [2.45, 2.75) is 58.3 Å². The molecule has 0 radical (unpaired) electrons. The van der Waals surface area contributed by atoms with E-state index in [-0.39, 0.29) is 11.2 Å². The molecule has 0 saturated carbocycles. The van der Waals surface area contributed by atoms with Gasteiger partial charge in [-0.15, -0.1) is 0 Å². The Morgan fingerprint density at radius 3 is 2.24 bits per heavy atom. The van der Waals surface area contributed by atoms with Gasteiger partial charge in [0, 0.05) is 19.1 Å². The van der Waals surface area contributed by atoms with Crippen molar-refractivity contribution in [3.63, 3.8) is 0 Å². The molecule has 2 heterocycles. The highest BCUT2D eigenvalue weighted by atomic mass is 16.5. The molecule has 2 aliphatic rings. The van der Waals surface area contributed by atoms with Gasteiger partial charge in [0.2, 0.25) is 0 Å². The zero-order valence-electron chi connectivity index (χ0n) is 12.0. The number of nitrogens with zero attached hydrogens (tertiary/aromatic N) is 1. The van der Waals surface area contributed by atoms with Gasteiger partial charge in [0.1, 0.15) is 0 Å². The van der Waals surface area contributed by atoms with Gasteiger partial charge >= 0.3 is 0 Å². The summed E-state index contributed by atoms with van der Waals surface area (Å²) in [7, 11) is 0. The molecule has 0 aliphatic carbocycles. The Morgan fingerprint density at radius 1 is 1.12 bits per heavy atom. The van der Waals surface area contributed by atoms with Crippen LogP contribution in [-0.2, 0) is 4.74 Å². The van der Waals surface area contributed by atoms with Crippen LogP contribution in [0, 0.1) is 5.92 Å². The summed E-state index contributed by atoms with van der Waals surface area (Å²) in [5.74, 6) is 0.744. The fourth-order valence-corrected chi connectivity index (χ4v) is 3.62. The highest BCUT2D eigenvalue weighted by Crippen LogP contribution is 2.31. The summed E-state index contributed by atoms with van der Waals surface area (Å²) in [5.41, 5.74) is -0.0430. The Labute approximate surface area is 106 Å². The molecule has 0 aromatic rings. The van der Waals surface area contributed by atoms with E-state index < -0.39 is 0 Å². The summed E-state index contributed by atoms with van der Waals surface area (Å²) in [6.45, 7) is 15.7. The first kappa shape index (κ1) is 13.3.